The van der Waals surface area contributed by atoms with Gasteiger partial charge in [-0.2, -0.15) is 0 Å². The van der Waals surface area contributed by atoms with Gasteiger partial charge >= 0.3 is 5.97 Å². The Kier molecular flexibility index (Phi) is 4.94. The fourth-order valence-electron chi connectivity index (χ4n) is 3.86. The van der Waals surface area contributed by atoms with Crippen molar-refractivity contribution < 1.29 is 14.7 Å². The first-order valence-electron chi connectivity index (χ1n) is 9.37. The molecule has 3 aromatic rings. The molecular formula is C24H21NO3. The van der Waals surface area contributed by atoms with Gasteiger partial charge in [-0.1, -0.05) is 72.8 Å². The maximum absolute atomic E-state index is 12.6. The Morgan fingerprint density at radius 1 is 0.893 bits per heavy atom. The highest BCUT2D eigenvalue weighted by atomic mass is 16.4. The Hall–Kier alpha value is -3.40. The van der Waals surface area contributed by atoms with Gasteiger partial charge in [0.25, 0.3) is 0 Å². The van der Waals surface area contributed by atoms with Crippen LogP contribution in [0.2, 0.25) is 0 Å². The number of carbonyl (C=O) groups is 2. The predicted octanol–water partition coefficient (Wildman–Crippen LogP) is 3.61. The molecule has 0 fully saturated rings. The summed E-state index contributed by atoms with van der Waals surface area (Å²) in [6, 6.07) is 22.7. The van der Waals surface area contributed by atoms with Gasteiger partial charge in [-0.3, -0.25) is 4.79 Å². The lowest BCUT2D eigenvalue weighted by Gasteiger charge is -2.15. The Labute approximate surface area is 163 Å². The van der Waals surface area contributed by atoms with Crippen LogP contribution >= 0.6 is 0 Å². The third-order valence-corrected chi connectivity index (χ3v) is 5.21. The van der Waals surface area contributed by atoms with Crippen molar-refractivity contribution in [3.63, 3.8) is 0 Å². The zero-order chi connectivity index (χ0) is 19.5. The first kappa shape index (κ1) is 18.0. The lowest BCUT2D eigenvalue weighted by atomic mass is 9.98. The van der Waals surface area contributed by atoms with Crippen LogP contribution in [0, 0.1) is 0 Å². The zero-order valence-corrected chi connectivity index (χ0v) is 15.4. The van der Waals surface area contributed by atoms with Crippen LogP contribution in [0.4, 0.5) is 0 Å². The van der Waals surface area contributed by atoms with Crippen LogP contribution in [0.25, 0.3) is 11.1 Å². The number of carboxylic acids is 1. The largest absolute Gasteiger partial charge is 0.480 e. The van der Waals surface area contributed by atoms with E-state index < -0.39 is 12.0 Å². The standard InChI is InChI=1S/C24H21NO3/c26-23(25-22(24(27)28)13-16-7-2-1-3-8-16)15-18-10-6-12-20-19-11-5-4-9-17(19)14-21(18)20/h1-12,22H,13-15H2,(H,25,26)(H,27,28). The molecule has 28 heavy (non-hydrogen) atoms. The molecule has 0 saturated heterocycles. The van der Waals surface area contributed by atoms with Crippen LogP contribution in [-0.2, 0) is 28.9 Å². The Morgan fingerprint density at radius 3 is 2.39 bits per heavy atom. The van der Waals surface area contributed by atoms with Gasteiger partial charge in [0.1, 0.15) is 6.04 Å². The normalized spacial score (nSPS) is 12.7. The van der Waals surface area contributed by atoms with Crippen LogP contribution < -0.4 is 5.32 Å². The topological polar surface area (TPSA) is 66.4 Å². The van der Waals surface area contributed by atoms with E-state index >= 15 is 0 Å². The molecule has 0 spiro atoms. The molecule has 1 amide bonds. The molecular weight excluding hydrogens is 350 g/mol. The van der Waals surface area contributed by atoms with E-state index in [0.717, 1.165) is 23.1 Å². The van der Waals surface area contributed by atoms with Crippen LogP contribution in [0.3, 0.4) is 0 Å². The third kappa shape index (κ3) is 3.67. The molecule has 1 atom stereocenters. The van der Waals surface area contributed by atoms with Gasteiger partial charge in [-0.05, 0) is 39.8 Å². The SMILES string of the molecule is O=C(Cc1cccc2c1Cc1ccccc1-2)NC(Cc1ccccc1)C(=O)O. The van der Waals surface area contributed by atoms with Crippen LogP contribution in [0.1, 0.15) is 22.3 Å². The Balaban J connectivity index is 1.49. The number of aliphatic carboxylic acids is 1. The molecule has 0 bridgehead atoms. The summed E-state index contributed by atoms with van der Waals surface area (Å²) in [5, 5.41) is 12.2. The molecule has 2 N–H and O–H groups in total. The maximum atomic E-state index is 12.6. The van der Waals surface area contributed by atoms with Crippen molar-refractivity contribution in [1.82, 2.24) is 5.32 Å². The van der Waals surface area contributed by atoms with Crippen LogP contribution in [0.15, 0.2) is 72.8 Å². The molecule has 4 heteroatoms. The second-order valence-corrected chi connectivity index (χ2v) is 7.10. The van der Waals surface area contributed by atoms with Gasteiger partial charge in [0.05, 0.1) is 6.42 Å². The summed E-state index contributed by atoms with van der Waals surface area (Å²) in [6.45, 7) is 0. The molecule has 0 radical (unpaired) electrons. The number of hydrogen-bond donors (Lipinski definition) is 2. The molecule has 1 aliphatic carbocycles. The predicted molar refractivity (Wildman–Crippen MR) is 108 cm³/mol. The van der Waals surface area contributed by atoms with Gasteiger partial charge in [0.2, 0.25) is 5.91 Å². The lowest BCUT2D eigenvalue weighted by Crippen LogP contribution is -2.43. The van der Waals surface area contributed by atoms with E-state index in [0.29, 0.717) is 0 Å². The number of fused-ring (bicyclic) bond motifs is 3. The molecule has 1 aliphatic rings. The van der Waals surface area contributed by atoms with Crippen LogP contribution in [0.5, 0.6) is 0 Å². The molecule has 3 aromatic carbocycles. The summed E-state index contributed by atoms with van der Waals surface area (Å²) in [5.74, 6) is -1.30. The fourth-order valence-corrected chi connectivity index (χ4v) is 3.86. The summed E-state index contributed by atoms with van der Waals surface area (Å²) in [6.07, 6.45) is 1.25. The van der Waals surface area contributed by atoms with E-state index in [2.05, 4.69) is 23.5 Å². The van der Waals surface area contributed by atoms with E-state index in [1.54, 1.807) is 0 Å². The van der Waals surface area contributed by atoms with Gasteiger partial charge in [-0.15, -0.1) is 0 Å². The minimum atomic E-state index is -1.03. The van der Waals surface area contributed by atoms with Gasteiger partial charge in [0, 0.05) is 6.42 Å². The molecule has 0 aromatic heterocycles. The zero-order valence-electron chi connectivity index (χ0n) is 15.4. The number of nitrogens with one attached hydrogen (secondary N) is 1. The highest BCUT2D eigenvalue weighted by Crippen LogP contribution is 2.38. The molecule has 140 valence electrons. The average Bonchev–Trinajstić information content (AvgIpc) is 3.08. The number of hydrogen-bond acceptors (Lipinski definition) is 2. The third-order valence-electron chi connectivity index (χ3n) is 5.21. The fraction of sp³-hybridized carbons (Fsp3) is 0.167. The number of amides is 1. The smallest absolute Gasteiger partial charge is 0.326 e. The van der Waals surface area contributed by atoms with E-state index in [-0.39, 0.29) is 18.7 Å². The lowest BCUT2D eigenvalue weighted by molar-refractivity contribution is -0.141. The monoisotopic (exact) mass is 371 g/mol. The summed E-state index contributed by atoms with van der Waals surface area (Å²) in [7, 11) is 0. The van der Waals surface area contributed by atoms with E-state index in [4.69, 9.17) is 0 Å². The number of benzene rings is 3. The quantitative estimate of drug-likeness (QED) is 0.544. The molecule has 1 unspecified atom stereocenters. The summed E-state index contributed by atoms with van der Waals surface area (Å²) in [5.41, 5.74) is 6.64. The van der Waals surface area contributed by atoms with Crippen molar-refractivity contribution in [3.05, 3.63) is 95.1 Å². The average molecular weight is 371 g/mol. The summed E-state index contributed by atoms with van der Waals surface area (Å²) < 4.78 is 0. The van der Waals surface area contributed by atoms with Gasteiger partial charge in [0.15, 0.2) is 0 Å². The van der Waals surface area contributed by atoms with Crippen molar-refractivity contribution >= 4 is 11.9 Å². The highest BCUT2D eigenvalue weighted by molar-refractivity contribution is 5.86. The molecule has 0 saturated carbocycles. The van der Waals surface area contributed by atoms with E-state index in [1.807, 2.05) is 54.6 Å². The van der Waals surface area contributed by atoms with E-state index in [9.17, 15) is 14.7 Å². The number of carbonyl (C=O) groups excluding carboxylic acids is 1. The van der Waals surface area contributed by atoms with Gasteiger partial charge < -0.3 is 10.4 Å². The van der Waals surface area contributed by atoms with Crippen molar-refractivity contribution in [2.24, 2.45) is 0 Å². The van der Waals surface area contributed by atoms with Crippen molar-refractivity contribution in [3.8, 4) is 11.1 Å². The summed E-state index contributed by atoms with van der Waals surface area (Å²) >= 11 is 0. The molecule has 4 nitrogen and oxygen atoms in total. The Morgan fingerprint density at radius 2 is 1.61 bits per heavy atom. The molecule has 0 aliphatic heterocycles. The van der Waals surface area contributed by atoms with Crippen molar-refractivity contribution in [2.75, 3.05) is 0 Å². The van der Waals surface area contributed by atoms with Crippen molar-refractivity contribution in [2.45, 2.75) is 25.3 Å². The maximum Gasteiger partial charge on any atom is 0.326 e. The van der Waals surface area contributed by atoms with E-state index in [1.165, 1.54) is 16.7 Å². The molecule has 4 rings (SSSR count). The minimum Gasteiger partial charge on any atom is -0.480 e. The second kappa shape index (κ2) is 7.69. The van der Waals surface area contributed by atoms with Gasteiger partial charge in [-0.25, -0.2) is 4.79 Å². The Bertz CT molecular complexity index is 1030. The number of carboxylic acid groups (broad SMARTS) is 1. The first-order valence-corrected chi connectivity index (χ1v) is 9.37. The first-order chi connectivity index (χ1) is 13.6. The van der Waals surface area contributed by atoms with Crippen molar-refractivity contribution in [1.29, 1.82) is 0 Å². The van der Waals surface area contributed by atoms with Crippen LogP contribution in [-0.4, -0.2) is 23.0 Å². The second-order valence-electron chi connectivity index (χ2n) is 7.10. The number of rotatable bonds is 6. The minimum absolute atomic E-state index is 0.176. The molecule has 0 heterocycles. The summed E-state index contributed by atoms with van der Waals surface area (Å²) in [4.78, 5) is 24.2. The highest BCUT2D eigenvalue weighted by Gasteiger charge is 2.24.